The van der Waals surface area contributed by atoms with E-state index in [4.69, 9.17) is 8.85 Å². The Morgan fingerprint density at radius 2 is 0.857 bits per heavy atom. The van der Waals surface area contributed by atoms with Crippen molar-refractivity contribution in [2.75, 3.05) is 72.1 Å². The lowest BCUT2D eigenvalue weighted by Gasteiger charge is -2.41. The summed E-state index contributed by atoms with van der Waals surface area (Å²) in [6, 6.07) is 1.11. The molecule has 0 aromatic heterocycles. The number of hydrogen-bond acceptors (Lipinski definition) is 5. The van der Waals surface area contributed by atoms with Gasteiger partial charge in [-0.25, -0.2) is 0 Å². The van der Waals surface area contributed by atoms with Gasteiger partial charge in [0.25, 0.3) is 0 Å². The van der Waals surface area contributed by atoms with Crippen molar-refractivity contribution in [2.24, 2.45) is 5.41 Å². The van der Waals surface area contributed by atoms with E-state index in [0.29, 0.717) is 5.41 Å². The summed E-state index contributed by atoms with van der Waals surface area (Å²) in [4.78, 5) is 8.01. The zero-order valence-corrected chi connectivity index (χ0v) is 26.6. The minimum atomic E-state index is -2.14. The average Bonchev–Trinajstić information content (AvgIpc) is 2.85. The topological polar surface area (TPSA) is 28.2 Å². The van der Waals surface area contributed by atoms with Crippen LogP contribution in [-0.2, 0) is 8.85 Å². The highest BCUT2D eigenvalue weighted by atomic mass is 28.4. The van der Waals surface area contributed by atoms with Crippen LogP contribution in [0.2, 0.25) is 12.6 Å². The number of hydrogen-bond donors (Lipinski definition) is 0. The molecular weight excluding hydrogens is 450 g/mol. The Kier molecular flexibility index (Phi) is 21.0. The first-order chi connectivity index (χ1) is 16.8. The van der Waals surface area contributed by atoms with Gasteiger partial charge in [0.1, 0.15) is 0 Å². The molecule has 0 aromatic carbocycles. The molecule has 0 rings (SSSR count). The zero-order chi connectivity index (χ0) is 26.6. The third-order valence-corrected chi connectivity index (χ3v) is 10.8. The third-order valence-electron chi connectivity index (χ3n) is 7.85. The third kappa shape index (κ3) is 15.1. The van der Waals surface area contributed by atoms with Crippen LogP contribution in [0.1, 0.15) is 100 Å². The standard InChI is InChI=1S/C29H65N3O2Si/c1-10-22-30(13-4)25-18-29(19-26-31(14-5)23-11-2,20-27-32(15-6)24-12-3)21-28-35(9,33-16-7)34-17-8/h10-28H2,1-9H3. The number of rotatable bonds is 25. The molecule has 0 N–H and O–H groups in total. The zero-order valence-electron chi connectivity index (χ0n) is 25.6. The molecule has 0 aliphatic rings. The van der Waals surface area contributed by atoms with Crippen molar-refractivity contribution in [1.82, 2.24) is 14.7 Å². The second kappa shape index (κ2) is 21.0. The molecule has 0 heterocycles. The minimum Gasteiger partial charge on any atom is -0.395 e. The van der Waals surface area contributed by atoms with E-state index in [1.807, 2.05) is 0 Å². The highest BCUT2D eigenvalue weighted by Crippen LogP contribution is 2.39. The van der Waals surface area contributed by atoms with Gasteiger partial charge in [-0.3, -0.25) is 0 Å². The van der Waals surface area contributed by atoms with Crippen molar-refractivity contribution >= 4 is 8.56 Å². The van der Waals surface area contributed by atoms with Gasteiger partial charge in [-0.05, 0) is 136 Å². The lowest BCUT2D eigenvalue weighted by Crippen LogP contribution is -2.42. The highest BCUT2D eigenvalue weighted by molar-refractivity contribution is 6.66. The van der Waals surface area contributed by atoms with Crippen LogP contribution in [0, 0.1) is 5.41 Å². The Morgan fingerprint density at radius 1 is 0.514 bits per heavy atom. The summed E-state index contributed by atoms with van der Waals surface area (Å²) in [6.07, 6.45) is 8.81. The Balaban J connectivity index is 5.91. The van der Waals surface area contributed by atoms with Crippen molar-refractivity contribution in [3.63, 3.8) is 0 Å². The molecule has 0 bridgehead atoms. The van der Waals surface area contributed by atoms with Crippen LogP contribution in [0.5, 0.6) is 0 Å². The van der Waals surface area contributed by atoms with Crippen molar-refractivity contribution in [1.29, 1.82) is 0 Å². The van der Waals surface area contributed by atoms with Gasteiger partial charge < -0.3 is 23.6 Å². The van der Waals surface area contributed by atoms with E-state index in [9.17, 15) is 0 Å². The van der Waals surface area contributed by atoms with Gasteiger partial charge >= 0.3 is 8.56 Å². The van der Waals surface area contributed by atoms with Crippen molar-refractivity contribution in [2.45, 2.75) is 113 Å². The summed E-state index contributed by atoms with van der Waals surface area (Å²) in [5, 5.41) is 0. The summed E-state index contributed by atoms with van der Waals surface area (Å²) in [5.74, 6) is 0. The summed E-state index contributed by atoms with van der Waals surface area (Å²) in [7, 11) is -2.14. The maximum atomic E-state index is 6.31. The van der Waals surface area contributed by atoms with Crippen molar-refractivity contribution < 1.29 is 8.85 Å². The molecule has 0 fully saturated rings. The first-order valence-corrected chi connectivity index (χ1v) is 17.8. The van der Waals surface area contributed by atoms with Crippen LogP contribution in [0.15, 0.2) is 0 Å². The van der Waals surface area contributed by atoms with E-state index in [1.54, 1.807) is 0 Å². The van der Waals surface area contributed by atoms with Crippen LogP contribution in [0.3, 0.4) is 0 Å². The van der Waals surface area contributed by atoms with Gasteiger partial charge in [0.15, 0.2) is 0 Å². The van der Waals surface area contributed by atoms with Gasteiger partial charge in [-0.2, -0.15) is 0 Å². The molecule has 35 heavy (non-hydrogen) atoms. The lowest BCUT2D eigenvalue weighted by molar-refractivity contribution is 0.112. The second-order valence-corrected chi connectivity index (χ2v) is 13.9. The first-order valence-electron chi connectivity index (χ1n) is 15.3. The monoisotopic (exact) mass is 515 g/mol. The predicted octanol–water partition coefficient (Wildman–Crippen LogP) is 6.87. The predicted molar refractivity (Wildman–Crippen MR) is 158 cm³/mol. The van der Waals surface area contributed by atoms with E-state index in [0.717, 1.165) is 38.9 Å². The lowest BCUT2D eigenvalue weighted by atomic mass is 9.75. The van der Waals surface area contributed by atoms with Crippen LogP contribution in [0.4, 0.5) is 0 Å². The Bertz CT molecular complexity index is 429. The van der Waals surface area contributed by atoms with Gasteiger partial charge in [0.2, 0.25) is 0 Å². The molecule has 0 saturated carbocycles. The maximum absolute atomic E-state index is 6.31. The van der Waals surface area contributed by atoms with Gasteiger partial charge in [0.05, 0.1) is 0 Å². The molecule has 0 aliphatic heterocycles. The molecule has 0 amide bonds. The summed E-state index contributed by atoms with van der Waals surface area (Å²) in [6.45, 7) is 32.7. The van der Waals surface area contributed by atoms with Crippen molar-refractivity contribution in [3.8, 4) is 0 Å². The summed E-state index contributed by atoms with van der Waals surface area (Å²) < 4.78 is 12.6. The molecule has 0 saturated heterocycles. The average molecular weight is 516 g/mol. The molecule has 6 heteroatoms. The SMILES string of the molecule is CCCN(CC)CCC(CCN(CC)CCC)(CCN(CC)CCC)CC[Si](C)(OCC)OCC. The molecule has 0 aromatic rings. The van der Waals surface area contributed by atoms with E-state index in [-0.39, 0.29) is 0 Å². The van der Waals surface area contributed by atoms with Crippen LogP contribution < -0.4 is 0 Å². The first kappa shape index (κ1) is 35.0. The van der Waals surface area contributed by atoms with Crippen molar-refractivity contribution in [3.05, 3.63) is 0 Å². The largest absolute Gasteiger partial charge is 0.395 e. The number of nitrogens with zero attached hydrogens (tertiary/aromatic N) is 3. The highest BCUT2D eigenvalue weighted by Gasteiger charge is 2.37. The fraction of sp³-hybridized carbons (Fsp3) is 1.00. The fourth-order valence-corrected chi connectivity index (χ4v) is 8.04. The van der Waals surface area contributed by atoms with Crippen LogP contribution in [-0.4, -0.2) is 95.4 Å². The molecule has 0 radical (unpaired) electrons. The molecule has 0 aliphatic carbocycles. The van der Waals surface area contributed by atoms with E-state index in [1.165, 1.54) is 84.2 Å². The normalized spacial score (nSPS) is 13.0. The summed E-state index contributed by atoms with van der Waals surface area (Å²) in [5.41, 5.74) is 0.339. The fourth-order valence-electron chi connectivity index (χ4n) is 5.46. The molecule has 0 spiro atoms. The Morgan fingerprint density at radius 3 is 1.11 bits per heavy atom. The summed E-state index contributed by atoms with van der Waals surface area (Å²) >= 11 is 0. The molecule has 212 valence electrons. The molecule has 0 atom stereocenters. The molecule has 5 nitrogen and oxygen atoms in total. The Labute approximate surface area is 222 Å². The van der Waals surface area contributed by atoms with Gasteiger partial charge in [-0.1, -0.05) is 41.5 Å². The van der Waals surface area contributed by atoms with Gasteiger partial charge in [0, 0.05) is 13.2 Å². The molecule has 0 unspecified atom stereocenters. The van der Waals surface area contributed by atoms with Crippen LogP contribution >= 0.6 is 0 Å². The van der Waals surface area contributed by atoms with E-state index >= 15 is 0 Å². The van der Waals surface area contributed by atoms with Gasteiger partial charge in [-0.15, -0.1) is 0 Å². The van der Waals surface area contributed by atoms with E-state index in [2.05, 4.69) is 76.6 Å². The van der Waals surface area contributed by atoms with E-state index < -0.39 is 8.56 Å². The van der Waals surface area contributed by atoms with Crippen LogP contribution in [0.25, 0.3) is 0 Å². The smallest absolute Gasteiger partial charge is 0.334 e. The molecular formula is C29H65N3O2Si. The maximum Gasteiger partial charge on any atom is 0.334 e. The quantitative estimate of drug-likeness (QED) is 0.124. The Hall–Kier alpha value is 0.0169. The minimum absolute atomic E-state index is 0.339. The second-order valence-electron chi connectivity index (χ2n) is 10.6.